The molecule has 0 atom stereocenters. The molecule has 0 saturated carbocycles. The zero-order valence-corrected chi connectivity index (χ0v) is 7.40. The first-order valence-electron chi connectivity index (χ1n) is 4.21. The van der Waals surface area contributed by atoms with Crippen molar-refractivity contribution in [3.8, 4) is 0 Å². The molecule has 0 radical (unpaired) electrons. The molecule has 0 aromatic heterocycles. The molecular formula is C7H16N2O3. The van der Waals surface area contributed by atoms with Crippen LogP contribution < -0.4 is 0 Å². The van der Waals surface area contributed by atoms with Gasteiger partial charge in [0.05, 0.1) is 13.7 Å². The lowest BCUT2D eigenvalue weighted by molar-refractivity contribution is -0.981. The van der Waals surface area contributed by atoms with E-state index >= 15 is 0 Å². The summed E-state index contributed by atoms with van der Waals surface area (Å²) in [6.45, 7) is 1.53. The minimum Gasteiger partial charge on any atom is -0.633 e. The first-order valence-corrected chi connectivity index (χ1v) is 4.21. The van der Waals surface area contributed by atoms with E-state index < -0.39 is 4.65 Å². The molecule has 5 nitrogen and oxygen atoms in total. The Morgan fingerprint density at radius 3 is 2.08 bits per heavy atom. The van der Waals surface area contributed by atoms with Crippen LogP contribution >= 0.6 is 0 Å². The molecule has 0 amide bonds. The van der Waals surface area contributed by atoms with E-state index in [1.165, 1.54) is 0 Å². The van der Waals surface area contributed by atoms with E-state index in [0.717, 1.165) is 0 Å². The Kier molecular flexibility index (Phi) is 2.70. The van der Waals surface area contributed by atoms with E-state index in [1.54, 1.807) is 7.05 Å². The Hall–Kier alpha value is -0.200. The summed E-state index contributed by atoms with van der Waals surface area (Å²) >= 11 is 0. The molecule has 1 heterocycles. The third-order valence-electron chi connectivity index (χ3n) is 2.47. The summed E-state index contributed by atoms with van der Waals surface area (Å²) in [5.41, 5.74) is 0. The van der Waals surface area contributed by atoms with Crippen LogP contribution in [0.25, 0.3) is 0 Å². The maximum absolute atomic E-state index is 11.6. The van der Waals surface area contributed by atoms with Crippen molar-refractivity contribution in [1.82, 2.24) is 0 Å². The highest BCUT2D eigenvalue weighted by molar-refractivity contribution is 4.52. The molecule has 0 aromatic rings. The number of hydroxylamine groups is 6. The number of aliphatic hydroxyl groups is 1. The molecule has 0 spiro atoms. The summed E-state index contributed by atoms with van der Waals surface area (Å²) in [5.74, 6) is 0. The third-order valence-corrected chi connectivity index (χ3v) is 2.47. The molecule has 72 valence electrons. The summed E-state index contributed by atoms with van der Waals surface area (Å²) in [4.78, 5) is 0. The van der Waals surface area contributed by atoms with Crippen LogP contribution in [0, 0.1) is 10.4 Å². The predicted molar refractivity (Wildman–Crippen MR) is 44.6 cm³/mol. The van der Waals surface area contributed by atoms with Gasteiger partial charge < -0.3 is 24.8 Å². The summed E-state index contributed by atoms with van der Waals surface area (Å²) in [6.07, 6.45) is 0. The molecule has 0 aliphatic carbocycles. The molecule has 1 aliphatic rings. The van der Waals surface area contributed by atoms with Crippen molar-refractivity contribution in [2.75, 3.05) is 46.4 Å². The fourth-order valence-electron chi connectivity index (χ4n) is 1.42. The van der Waals surface area contributed by atoms with Gasteiger partial charge in [-0.1, -0.05) is 0 Å². The molecule has 1 fully saturated rings. The van der Waals surface area contributed by atoms with Crippen molar-refractivity contribution < 1.29 is 14.4 Å². The van der Waals surface area contributed by atoms with Crippen LogP contribution in [0.4, 0.5) is 0 Å². The van der Waals surface area contributed by atoms with Crippen LogP contribution in [0.3, 0.4) is 0 Å². The second-order valence-electron chi connectivity index (χ2n) is 3.70. The van der Waals surface area contributed by atoms with E-state index in [4.69, 9.17) is 5.11 Å². The van der Waals surface area contributed by atoms with Crippen LogP contribution in [0.2, 0.25) is 0 Å². The molecule has 1 N–H and O–H groups in total. The third kappa shape index (κ3) is 2.40. The summed E-state index contributed by atoms with van der Waals surface area (Å²) in [6, 6.07) is 0. The molecular weight excluding hydrogens is 160 g/mol. The molecule has 0 unspecified atom stereocenters. The lowest BCUT2D eigenvalue weighted by atomic mass is 10.3. The Labute approximate surface area is 72.2 Å². The van der Waals surface area contributed by atoms with Gasteiger partial charge in [0.1, 0.15) is 32.7 Å². The highest BCUT2D eigenvalue weighted by Crippen LogP contribution is 2.14. The number of nitrogens with zero attached hydrogens (tertiary/aromatic N) is 2. The van der Waals surface area contributed by atoms with Gasteiger partial charge in [-0.25, -0.2) is 0 Å². The number of likely N-dealkylation sites (N-methyl/N-ethyl adjacent to an activating group) is 1. The summed E-state index contributed by atoms with van der Waals surface area (Å²) in [7, 11) is 1.59. The fraction of sp³-hybridized carbons (Fsp3) is 1.00. The monoisotopic (exact) mass is 176 g/mol. The quantitative estimate of drug-likeness (QED) is 0.445. The van der Waals surface area contributed by atoms with E-state index in [1.807, 2.05) is 0 Å². The minimum absolute atomic E-state index is 0.0912. The molecule has 0 aromatic carbocycles. The summed E-state index contributed by atoms with van der Waals surface area (Å²) in [5, 5.41) is 31.6. The lowest BCUT2D eigenvalue weighted by Crippen LogP contribution is -2.61. The topological polar surface area (TPSA) is 66.3 Å². The van der Waals surface area contributed by atoms with Gasteiger partial charge in [0, 0.05) is 0 Å². The number of hydrogen-bond acceptors (Lipinski definition) is 3. The maximum Gasteiger partial charge on any atom is 0.129 e. The van der Waals surface area contributed by atoms with E-state index in [2.05, 4.69) is 0 Å². The van der Waals surface area contributed by atoms with Gasteiger partial charge in [0.15, 0.2) is 0 Å². The smallest absolute Gasteiger partial charge is 0.129 e. The fourth-order valence-corrected chi connectivity index (χ4v) is 1.42. The molecule has 12 heavy (non-hydrogen) atoms. The number of hydrogen-bond donors (Lipinski definition) is 1. The van der Waals surface area contributed by atoms with Crippen molar-refractivity contribution in [2.45, 2.75) is 0 Å². The Morgan fingerprint density at radius 2 is 1.67 bits per heavy atom. The van der Waals surface area contributed by atoms with Gasteiger partial charge in [-0.05, 0) is 0 Å². The number of quaternary nitrogens is 2. The minimum atomic E-state index is -0.396. The van der Waals surface area contributed by atoms with Crippen molar-refractivity contribution >= 4 is 0 Å². The van der Waals surface area contributed by atoms with Crippen molar-refractivity contribution in [1.29, 1.82) is 0 Å². The second-order valence-corrected chi connectivity index (χ2v) is 3.70. The largest absolute Gasteiger partial charge is 0.633 e. The number of piperazine rings is 1. The summed E-state index contributed by atoms with van der Waals surface area (Å²) < 4.78 is -0.708. The van der Waals surface area contributed by atoms with Crippen molar-refractivity contribution in [3.05, 3.63) is 10.4 Å². The first kappa shape index (κ1) is 9.88. The Morgan fingerprint density at radius 1 is 1.17 bits per heavy atom. The maximum atomic E-state index is 11.6. The lowest BCUT2D eigenvalue weighted by Gasteiger charge is -2.52. The van der Waals surface area contributed by atoms with Gasteiger partial charge in [-0.15, -0.1) is 0 Å². The Bertz CT molecular complexity index is 151. The van der Waals surface area contributed by atoms with Crippen molar-refractivity contribution in [3.63, 3.8) is 0 Å². The number of rotatable bonds is 2. The Balaban J connectivity index is 2.44. The van der Waals surface area contributed by atoms with Gasteiger partial charge >= 0.3 is 0 Å². The van der Waals surface area contributed by atoms with Crippen LogP contribution in [0.15, 0.2) is 0 Å². The average Bonchev–Trinajstić information content (AvgIpc) is 1.98. The first-order chi connectivity index (χ1) is 5.47. The SMILES string of the molecule is C[N+]1([O-])CC[N+]([O-])(CCO)CC1. The van der Waals surface area contributed by atoms with Crippen LogP contribution in [-0.2, 0) is 0 Å². The van der Waals surface area contributed by atoms with E-state index in [0.29, 0.717) is 26.2 Å². The van der Waals surface area contributed by atoms with Gasteiger partial charge in [0.25, 0.3) is 0 Å². The normalized spacial score (nSPS) is 43.0. The molecule has 5 heteroatoms. The highest BCUT2D eigenvalue weighted by atomic mass is 16.6. The zero-order chi connectivity index (χ0) is 9.24. The van der Waals surface area contributed by atoms with Gasteiger partial charge in [-0.2, -0.15) is 0 Å². The molecule has 1 rings (SSSR count). The molecule has 0 bridgehead atoms. The average molecular weight is 176 g/mol. The van der Waals surface area contributed by atoms with E-state index in [-0.39, 0.29) is 17.8 Å². The zero-order valence-electron chi connectivity index (χ0n) is 7.40. The van der Waals surface area contributed by atoms with Gasteiger partial charge in [-0.3, -0.25) is 0 Å². The van der Waals surface area contributed by atoms with Crippen LogP contribution in [-0.4, -0.2) is 60.8 Å². The van der Waals surface area contributed by atoms with E-state index in [9.17, 15) is 10.4 Å². The van der Waals surface area contributed by atoms with Crippen molar-refractivity contribution in [2.24, 2.45) is 0 Å². The predicted octanol–water partition coefficient (Wildman–Crippen LogP) is -0.749. The molecule has 1 aliphatic heterocycles. The highest BCUT2D eigenvalue weighted by Gasteiger charge is 2.28. The second kappa shape index (κ2) is 3.27. The molecule has 1 saturated heterocycles. The standard InChI is InChI=1S/C7H16N2O3/c1-8(11)2-4-9(12,5-3-8)6-7-10/h10H,2-7H2,1H3. The van der Waals surface area contributed by atoms with Crippen LogP contribution in [0.1, 0.15) is 0 Å². The van der Waals surface area contributed by atoms with Crippen LogP contribution in [0.5, 0.6) is 0 Å². The van der Waals surface area contributed by atoms with Gasteiger partial charge in [0.2, 0.25) is 0 Å². The number of aliphatic hydroxyl groups excluding tert-OH is 1.